The summed E-state index contributed by atoms with van der Waals surface area (Å²) < 4.78 is 26.4. The van der Waals surface area contributed by atoms with Crippen LogP contribution in [0, 0.1) is 0 Å². The highest BCUT2D eigenvalue weighted by atomic mass is 35.5. The number of carbonyl (C=O) groups is 1. The lowest BCUT2D eigenvalue weighted by Gasteiger charge is -2.22. The zero-order chi connectivity index (χ0) is 26.7. The van der Waals surface area contributed by atoms with Crippen LogP contribution < -0.4 is 0 Å². The number of benzene rings is 3. The van der Waals surface area contributed by atoms with E-state index in [0.717, 1.165) is 30.5 Å². The predicted molar refractivity (Wildman–Crippen MR) is 151 cm³/mol. The van der Waals surface area contributed by atoms with Crippen molar-refractivity contribution in [2.45, 2.75) is 23.6 Å². The van der Waals surface area contributed by atoms with E-state index in [1.807, 2.05) is 29.2 Å². The first kappa shape index (κ1) is 26.6. The van der Waals surface area contributed by atoms with Gasteiger partial charge in [0.15, 0.2) is 9.84 Å². The second kappa shape index (κ2) is 11.4. The molecule has 0 saturated carbocycles. The van der Waals surface area contributed by atoms with Gasteiger partial charge in [0.2, 0.25) is 0 Å². The van der Waals surface area contributed by atoms with Crippen molar-refractivity contribution in [3.05, 3.63) is 106 Å². The first-order valence-electron chi connectivity index (χ1n) is 12.4. The van der Waals surface area contributed by atoms with E-state index >= 15 is 0 Å². The van der Waals surface area contributed by atoms with Crippen molar-refractivity contribution >= 4 is 49.8 Å². The highest BCUT2D eigenvalue weighted by molar-refractivity contribution is 7.90. The number of hydrogen-bond acceptors (Lipinski definition) is 5. The molecule has 38 heavy (non-hydrogen) atoms. The molecule has 1 fully saturated rings. The smallest absolute Gasteiger partial charge is 0.253 e. The molecule has 1 aliphatic rings. The fourth-order valence-electron chi connectivity index (χ4n) is 4.79. The monoisotopic (exact) mass is 567 g/mol. The van der Waals surface area contributed by atoms with Gasteiger partial charge in [-0.25, -0.2) is 8.42 Å². The Morgan fingerprint density at radius 2 is 1.63 bits per heavy atom. The van der Waals surface area contributed by atoms with Crippen LogP contribution in [-0.4, -0.2) is 55.3 Å². The third kappa shape index (κ3) is 5.86. The molecule has 0 atom stereocenters. The van der Waals surface area contributed by atoms with Crippen LogP contribution in [0.1, 0.15) is 27.9 Å². The Morgan fingerprint density at radius 3 is 2.45 bits per heavy atom. The van der Waals surface area contributed by atoms with Gasteiger partial charge < -0.3 is 4.90 Å². The molecular weight excluding hydrogens is 541 g/mol. The number of halogens is 2. The second-order valence-corrected chi connectivity index (χ2v) is 12.2. The van der Waals surface area contributed by atoms with Gasteiger partial charge in [0.05, 0.1) is 26.2 Å². The molecule has 196 valence electrons. The second-order valence-electron chi connectivity index (χ2n) is 9.42. The maximum Gasteiger partial charge on any atom is 0.253 e. The van der Waals surface area contributed by atoms with Gasteiger partial charge in [-0.05, 0) is 47.9 Å². The van der Waals surface area contributed by atoms with E-state index < -0.39 is 9.84 Å². The lowest BCUT2D eigenvalue weighted by Crippen LogP contribution is -2.35. The fraction of sp³-hybridized carbons (Fsp3) is 0.241. The van der Waals surface area contributed by atoms with E-state index in [2.05, 4.69) is 9.88 Å². The minimum absolute atomic E-state index is 0.0553. The molecule has 0 aliphatic carbocycles. The number of hydrogen-bond donors (Lipinski definition) is 0. The fourth-order valence-corrected chi connectivity index (χ4v) is 6.71. The van der Waals surface area contributed by atoms with Crippen LogP contribution in [0.25, 0.3) is 10.9 Å². The summed E-state index contributed by atoms with van der Waals surface area (Å²) in [6, 6.07) is 21.3. The lowest BCUT2D eigenvalue weighted by molar-refractivity contribution is 0.0761. The van der Waals surface area contributed by atoms with E-state index in [9.17, 15) is 13.2 Å². The maximum atomic E-state index is 13.2. The van der Waals surface area contributed by atoms with Crippen molar-refractivity contribution in [3.63, 3.8) is 0 Å². The van der Waals surface area contributed by atoms with Crippen LogP contribution in [0.3, 0.4) is 0 Å². The average Bonchev–Trinajstić information content (AvgIpc) is 3.16. The van der Waals surface area contributed by atoms with Gasteiger partial charge in [-0.3, -0.25) is 14.7 Å². The number of sulfone groups is 1. The first-order valence-corrected chi connectivity index (χ1v) is 14.8. The highest BCUT2D eigenvalue weighted by Crippen LogP contribution is 2.27. The minimum Gasteiger partial charge on any atom is -0.337 e. The van der Waals surface area contributed by atoms with Crippen molar-refractivity contribution in [1.29, 1.82) is 0 Å². The standard InChI is InChI=1S/C29H27Cl2N3O3S/c30-25-8-1-6-24(27(25)31)19-33-15-4-16-34(18-17-33)29(35)23-12-10-21(11-13-23)20-38(36,37)26-9-2-5-22-7-3-14-32-28(22)26/h1-3,5-14H,4,15-20H2. The van der Waals surface area contributed by atoms with Crippen LogP contribution in [0.2, 0.25) is 10.0 Å². The van der Waals surface area contributed by atoms with E-state index in [4.69, 9.17) is 23.2 Å². The lowest BCUT2D eigenvalue weighted by atomic mass is 10.1. The van der Waals surface area contributed by atoms with Crippen LogP contribution in [0.5, 0.6) is 0 Å². The molecule has 1 amide bonds. The van der Waals surface area contributed by atoms with Crippen LogP contribution in [0.4, 0.5) is 0 Å². The summed E-state index contributed by atoms with van der Waals surface area (Å²) in [4.78, 5) is 21.8. The maximum absolute atomic E-state index is 13.2. The van der Waals surface area contributed by atoms with Gasteiger partial charge >= 0.3 is 0 Å². The number of aromatic nitrogens is 1. The summed E-state index contributed by atoms with van der Waals surface area (Å²) in [5, 5.41) is 1.90. The molecule has 0 radical (unpaired) electrons. The quantitative estimate of drug-likeness (QED) is 0.291. The molecular formula is C29H27Cl2N3O3S. The van der Waals surface area contributed by atoms with Crippen LogP contribution in [0.15, 0.2) is 83.9 Å². The minimum atomic E-state index is -3.62. The Morgan fingerprint density at radius 1 is 0.868 bits per heavy atom. The molecule has 3 aromatic carbocycles. The van der Waals surface area contributed by atoms with Gasteiger partial charge in [-0.1, -0.05) is 65.7 Å². The Balaban J connectivity index is 1.23. The van der Waals surface area contributed by atoms with Crippen LogP contribution >= 0.6 is 23.2 Å². The molecule has 9 heteroatoms. The Hall–Kier alpha value is -2.97. The third-order valence-corrected chi connectivity index (χ3v) is 9.36. The molecule has 0 unspecified atom stereocenters. The number of rotatable bonds is 6. The summed E-state index contributed by atoms with van der Waals surface area (Å²) in [6.45, 7) is 3.51. The largest absolute Gasteiger partial charge is 0.337 e. The van der Waals surface area contributed by atoms with E-state index in [1.165, 1.54) is 0 Å². The molecule has 1 aromatic heterocycles. The molecule has 6 nitrogen and oxygen atoms in total. The molecule has 0 spiro atoms. The molecule has 1 saturated heterocycles. The molecule has 0 N–H and O–H groups in total. The number of pyridine rings is 1. The topological polar surface area (TPSA) is 70.6 Å². The Kier molecular flexibility index (Phi) is 8.00. The Bertz CT molecular complexity index is 1570. The molecule has 1 aliphatic heterocycles. The van der Waals surface area contributed by atoms with Crippen molar-refractivity contribution in [3.8, 4) is 0 Å². The van der Waals surface area contributed by atoms with Gasteiger partial charge in [0.1, 0.15) is 0 Å². The number of amides is 1. The summed E-state index contributed by atoms with van der Waals surface area (Å²) >= 11 is 12.5. The summed E-state index contributed by atoms with van der Waals surface area (Å²) in [6.07, 6.45) is 2.44. The van der Waals surface area contributed by atoms with E-state index in [0.29, 0.717) is 46.3 Å². The predicted octanol–water partition coefficient (Wildman–Crippen LogP) is 5.86. The zero-order valence-corrected chi connectivity index (χ0v) is 23.0. The normalized spacial score (nSPS) is 14.9. The zero-order valence-electron chi connectivity index (χ0n) is 20.7. The summed E-state index contributed by atoms with van der Waals surface area (Å²) in [5.41, 5.74) is 2.61. The average molecular weight is 569 g/mol. The molecule has 2 heterocycles. The van der Waals surface area contributed by atoms with E-state index in [1.54, 1.807) is 54.7 Å². The summed E-state index contributed by atoms with van der Waals surface area (Å²) in [5.74, 6) is -0.220. The van der Waals surface area contributed by atoms with Crippen molar-refractivity contribution in [2.24, 2.45) is 0 Å². The highest BCUT2D eigenvalue weighted by Gasteiger charge is 2.22. The number of fused-ring (bicyclic) bond motifs is 1. The van der Waals surface area contributed by atoms with E-state index in [-0.39, 0.29) is 16.6 Å². The number of para-hydroxylation sites is 1. The number of carbonyl (C=O) groups excluding carboxylic acids is 1. The van der Waals surface area contributed by atoms with Gasteiger partial charge in [0, 0.05) is 49.9 Å². The van der Waals surface area contributed by atoms with Crippen LogP contribution in [-0.2, 0) is 22.1 Å². The SMILES string of the molecule is O=C(c1ccc(CS(=O)(=O)c2cccc3cccnc23)cc1)N1CCCN(Cc2cccc(Cl)c2Cl)CC1. The number of nitrogens with zero attached hydrogens (tertiary/aromatic N) is 3. The van der Waals surface area contributed by atoms with Gasteiger partial charge in [-0.2, -0.15) is 0 Å². The Labute approximate surface area is 232 Å². The van der Waals surface area contributed by atoms with Gasteiger partial charge in [-0.15, -0.1) is 0 Å². The van der Waals surface area contributed by atoms with Gasteiger partial charge in [0.25, 0.3) is 5.91 Å². The van der Waals surface area contributed by atoms with Crippen molar-refractivity contribution in [2.75, 3.05) is 26.2 Å². The van der Waals surface area contributed by atoms with Crippen molar-refractivity contribution in [1.82, 2.24) is 14.8 Å². The first-order chi connectivity index (χ1) is 18.3. The van der Waals surface area contributed by atoms with Crippen molar-refractivity contribution < 1.29 is 13.2 Å². The summed E-state index contributed by atoms with van der Waals surface area (Å²) in [7, 11) is -3.62. The third-order valence-electron chi connectivity index (χ3n) is 6.79. The molecule has 5 rings (SSSR count). The molecule has 0 bridgehead atoms. The molecule has 4 aromatic rings.